The summed E-state index contributed by atoms with van der Waals surface area (Å²) in [6.07, 6.45) is 0. The zero-order valence-corrected chi connectivity index (χ0v) is 12.5. The van der Waals surface area contributed by atoms with Gasteiger partial charge in [0.2, 0.25) is 0 Å². The van der Waals surface area contributed by atoms with Crippen LogP contribution in [0.1, 0.15) is 24.2 Å². The Morgan fingerprint density at radius 1 is 1.25 bits per heavy atom. The van der Waals surface area contributed by atoms with Gasteiger partial charge in [0.05, 0.1) is 11.4 Å². The van der Waals surface area contributed by atoms with Crippen LogP contribution in [0.2, 0.25) is 0 Å². The zero-order chi connectivity index (χ0) is 14.7. The van der Waals surface area contributed by atoms with Crippen LogP contribution in [0.3, 0.4) is 0 Å². The Bertz CT molecular complexity index is 479. The molecule has 5 heteroatoms. The average molecular weight is 276 g/mol. The Kier molecular flexibility index (Phi) is 4.49. The predicted octanol–water partition coefficient (Wildman–Crippen LogP) is 1.16. The first kappa shape index (κ1) is 14.7. The fourth-order valence-corrected chi connectivity index (χ4v) is 2.61. The number of nitrogens with one attached hydrogen (secondary N) is 1. The molecule has 110 valence electrons. The smallest absolute Gasteiger partial charge is 0.251 e. The van der Waals surface area contributed by atoms with Gasteiger partial charge >= 0.3 is 0 Å². The lowest BCUT2D eigenvalue weighted by Gasteiger charge is -2.38. The summed E-state index contributed by atoms with van der Waals surface area (Å²) in [7, 11) is 1.62. The van der Waals surface area contributed by atoms with Crippen molar-refractivity contribution >= 4 is 17.3 Å². The van der Waals surface area contributed by atoms with Crippen LogP contribution in [0.5, 0.6) is 0 Å². The first-order chi connectivity index (χ1) is 9.52. The van der Waals surface area contributed by atoms with E-state index in [0.29, 0.717) is 17.3 Å². The number of benzene rings is 1. The van der Waals surface area contributed by atoms with E-state index in [4.69, 9.17) is 5.73 Å². The normalized spacial score (nSPS) is 16.5. The van der Waals surface area contributed by atoms with E-state index in [1.54, 1.807) is 13.1 Å². The van der Waals surface area contributed by atoms with Crippen molar-refractivity contribution in [3.8, 4) is 0 Å². The van der Waals surface area contributed by atoms with Crippen LogP contribution < -0.4 is 16.0 Å². The molecule has 1 saturated heterocycles. The molecule has 2 rings (SSSR count). The van der Waals surface area contributed by atoms with Gasteiger partial charge in [-0.1, -0.05) is 0 Å². The maximum absolute atomic E-state index is 11.6. The van der Waals surface area contributed by atoms with Crippen LogP contribution in [-0.4, -0.2) is 50.1 Å². The predicted molar refractivity (Wildman–Crippen MR) is 83.2 cm³/mol. The Hall–Kier alpha value is -1.75. The van der Waals surface area contributed by atoms with Crippen molar-refractivity contribution in [2.75, 3.05) is 43.9 Å². The molecule has 1 fully saturated rings. The molecule has 0 aromatic heterocycles. The van der Waals surface area contributed by atoms with Gasteiger partial charge in [0, 0.05) is 44.8 Å². The Balaban J connectivity index is 2.09. The quantitative estimate of drug-likeness (QED) is 0.813. The Morgan fingerprint density at radius 2 is 1.90 bits per heavy atom. The Labute approximate surface area is 120 Å². The maximum Gasteiger partial charge on any atom is 0.251 e. The number of rotatable bonds is 3. The minimum atomic E-state index is -0.104. The maximum atomic E-state index is 11.6. The van der Waals surface area contributed by atoms with Gasteiger partial charge in [-0.15, -0.1) is 0 Å². The van der Waals surface area contributed by atoms with Crippen LogP contribution in [0.25, 0.3) is 0 Å². The van der Waals surface area contributed by atoms with Gasteiger partial charge in [0.15, 0.2) is 0 Å². The second-order valence-electron chi connectivity index (χ2n) is 5.47. The van der Waals surface area contributed by atoms with Crippen LogP contribution in [0.4, 0.5) is 11.4 Å². The first-order valence-electron chi connectivity index (χ1n) is 7.13. The van der Waals surface area contributed by atoms with Crippen molar-refractivity contribution in [2.45, 2.75) is 19.9 Å². The molecule has 0 atom stereocenters. The molecular weight excluding hydrogens is 252 g/mol. The molecule has 1 aliphatic rings. The SMILES string of the molecule is CNC(=O)c1ccc(N2CCN(C(C)C)CC2)c(N)c1. The molecular formula is C15H24N4O. The summed E-state index contributed by atoms with van der Waals surface area (Å²) >= 11 is 0. The highest BCUT2D eigenvalue weighted by Crippen LogP contribution is 2.25. The number of nitrogens with zero attached hydrogens (tertiary/aromatic N) is 2. The second kappa shape index (κ2) is 6.13. The van der Waals surface area contributed by atoms with E-state index in [9.17, 15) is 4.79 Å². The molecule has 0 spiro atoms. The van der Waals surface area contributed by atoms with Crippen LogP contribution in [0, 0.1) is 0 Å². The van der Waals surface area contributed by atoms with Crippen LogP contribution in [-0.2, 0) is 0 Å². The fraction of sp³-hybridized carbons (Fsp3) is 0.533. The van der Waals surface area contributed by atoms with Crippen LogP contribution in [0.15, 0.2) is 18.2 Å². The van der Waals surface area contributed by atoms with Gasteiger partial charge in [0.25, 0.3) is 5.91 Å². The third kappa shape index (κ3) is 3.04. The van der Waals surface area contributed by atoms with Gasteiger partial charge < -0.3 is 16.0 Å². The van der Waals surface area contributed by atoms with E-state index >= 15 is 0 Å². The van der Waals surface area contributed by atoms with Crippen molar-refractivity contribution in [1.29, 1.82) is 0 Å². The monoisotopic (exact) mass is 276 g/mol. The highest BCUT2D eigenvalue weighted by Gasteiger charge is 2.20. The van der Waals surface area contributed by atoms with Gasteiger partial charge in [-0.05, 0) is 32.0 Å². The lowest BCUT2D eigenvalue weighted by Crippen LogP contribution is -2.49. The van der Waals surface area contributed by atoms with Gasteiger partial charge in [-0.2, -0.15) is 0 Å². The fourth-order valence-electron chi connectivity index (χ4n) is 2.61. The summed E-state index contributed by atoms with van der Waals surface area (Å²) in [5.74, 6) is -0.104. The van der Waals surface area contributed by atoms with E-state index in [0.717, 1.165) is 31.9 Å². The van der Waals surface area contributed by atoms with Crippen molar-refractivity contribution < 1.29 is 4.79 Å². The molecule has 1 aromatic rings. The molecule has 1 aromatic carbocycles. The lowest BCUT2D eigenvalue weighted by atomic mass is 10.1. The number of hydrogen-bond acceptors (Lipinski definition) is 4. The summed E-state index contributed by atoms with van der Waals surface area (Å²) in [6, 6.07) is 6.12. The third-order valence-electron chi connectivity index (χ3n) is 3.90. The molecule has 1 amide bonds. The molecule has 0 bridgehead atoms. The van der Waals surface area contributed by atoms with Crippen molar-refractivity contribution in [1.82, 2.24) is 10.2 Å². The highest BCUT2D eigenvalue weighted by molar-refractivity contribution is 5.96. The molecule has 1 heterocycles. The number of nitrogen functional groups attached to an aromatic ring is 1. The number of anilines is 2. The second-order valence-corrected chi connectivity index (χ2v) is 5.47. The number of piperazine rings is 1. The van der Waals surface area contributed by atoms with E-state index < -0.39 is 0 Å². The Morgan fingerprint density at radius 3 is 2.40 bits per heavy atom. The number of hydrogen-bond donors (Lipinski definition) is 2. The summed E-state index contributed by atoms with van der Waals surface area (Å²) in [4.78, 5) is 16.3. The van der Waals surface area contributed by atoms with E-state index in [-0.39, 0.29) is 5.91 Å². The molecule has 5 nitrogen and oxygen atoms in total. The molecule has 0 unspecified atom stereocenters. The first-order valence-corrected chi connectivity index (χ1v) is 7.13. The summed E-state index contributed by atoms with van der Waals surface area (Å²) in [6.45, 7) is 8.50. The molecule has 0 saturated carbocycles. The molecule has 20 heavy (non-hydrogen) atoms. The standard InChI is InChI=1S/C15H24N4O/c1-11(2)18-6-8-19(9-7-18)14-5-4-12(10-13(14)16)15(20)17-3/h4-5,10-11H,6-9,16H2,1-3H3,(H,17,20). The number of carbonyl (C=O) groups is 1. The third-order valence-corrected chi connectivity index (χ3v) is 3.90. The minimum Gasteiger partial charge on any atom is -0.397 e. The van der Waals surface area contributed by atoms with E-state index in [2.05, 4.69) is 29.0 Å². The molecule has 0 radical (unpaired) electrons. The van der Waals surface area contributed by atoms with Gasteiger partial charge in [-0.3, -0.25) is 9.69 Å². The van der Waals surface area contributed by atoms with E-state index in [1.807, 2.05) is 12.1 Å². The van der Waals surface area contributed by atoms with Crippen molar-refractivity contribution in [3.05, 3.63) is 23.8 Å². The molecule has 1 aliphatic heterocycles. The average Bonchev–Trinajstić information content (AvgIpc) is 2.46. The summed E-state index contributed by atoms with van der Waals surface area (Å²) in [5, 5.41) is 2.61. The molecule has 3 N–H and O–H groups in total. The zero-order valence-electron chi connectivity index (χ0n) is 12.5. The topological polar surface area (TPSA) is 61.6 Å². The summed E-state index contributed by atoms with van der Waals surface area (Å²) < 4.78 is 0. The van der Waals surface area contributed by atoms with Gasteiger partial charge in [0.1, 0.15) is 0 Å². The number of amides is 1. The highest BCUT2D eigenvalue weighted by atomic mass is 16.1. The number of carbonyl (C=O) groups excluding carboxylic acids is 1. The lowest BCUT2D eigenvalue weighted by molar-refractivity contribution is 0.0963. The number of nitrogens with two attached hydrogens (primary N) is 1. The van der Waals surface area contributed by atoms with Crippen LogP contribution >= 0.6 is 0 Å². The van der Waals surface area contributed by atoms with Gasteiger partial charge in [-0.25, -0.2) is 0 Å². The molecule has 0 aliphatic carbocycles. The van der Waals surface area contributed by atoms with Crippen molar-refractivity contribution in [3.63, 3.8) is 0 Å². The minimum absolute atomic E-state index is 0.104. The van der Waals surface area contributed by atoms with Crippen molar-refractivity contribution in [2.24, 2.45) is 0 Å². The summed E-state index contributed by atoms with van der Waals surface area (Å²) in [5.41, 5.74) is 8.41. The van der Waals surface area contributed by atoms with E-state index in [1.165, 1.54) is 0 Å². The largest absolute Gasteiger partial charge is 0.397 e.